The van der Waals surface area contributed by atoms with Gasteiger partial charge in [0.2, 0.25) is 5.91 Å². The van der Waals surface area contributed by atoms with Crippen LogP contribution in [0.3, 0.4) is 0 Å². The van der Waals surface area contributed by atoms with Crippen LogP contribution < -0.4 is 14.8 Å². The number of ether oxygens (including phenoxy) is 2. The van der Waals surface area contributed by atoms with Gasteiger partial charge in [-0.05, 0) is 43.7 Å². The highest BCUT2D eigenvalue weighted by atomic mass is 16.5. The molecule has 0 aromatic heterocycles. The molecule has 0 unspecified atom stereocenters. The number of ketones is 1. The Morgan fingerprint density at radius 2 is 1.68 bits per heavy atom. The molecule has 28 heavy (non-hydrogen) atoms. The SMILES string of the molecule is COc1ccc(CN(C)CC(=O)N[C@@H](Cc2ccccc2)C(C)=O)cc1OC. The van der Waals surface area contributed by atoms with Crippen molar-refractivity contribution in [2.45, 2.75) is 25.9 Å². The standard InChI is InChI=1S/C22H28N2O4/c1-16(25)19(12-17-8-6-5-7-9-17)23-22(26)15-24(2)14-18-10-11-20(27-3)21(13-18)28-4/h5-11,13,19H,12,14-15H2,1-4H3,(H,23,26)/t19-/m0/s1. The lowest BCUT2D eigenvalue weighted by molar-refractivity contribution is -0.127. The summed E-state index contributed by atoms with van der Waals surface area (Å²) in [5.41, 5.74) is 2.02. The Labute approximate surface area is 166 Å². The van der Waals surface area contributed by atoms with Gasteiger partial charge in [-0.15, -0.1) is 0 Å². The van der Waals surface area contributed by atoms with E-state index in [-0.39, 0.29) is 18.2 Å². The molecule has 6 heteroatoms. The number of benzene rings is 2. The molecule has 1 amide bonds. The number of nitrogens with zero attached hydrogens (tertiary/aromatic N) is 1. The van der Waals surface area contributed by atoms with Crippen molar-refractivity contribution in [1.29, 1.82) is 0 Å². The van der Waals surface area contributed by atoms with Gasteiger partial charge >= 0.3 is 0 Å². The van der Waals surface area contributed by atoms with Gasteiger partial charge in [0, 0.05) is 6.54 Å². The summed E-state index contributed by atoms with van der Waals surface area (Å²) in [6, 6.07) is 14.8. The average molecular weight is 384 g/mol. The maximum atomic E-state index is 12.4. The maximum Gasteiger partial charge on any atom is 0.234 e. The summed E-state index contributed by atoms with van der Waals surface area (Å²) in [5.74, 6) is 1.08. The fourth-order valence-corrected chi connectivity index (χ4v) is 2.98. The predicted octanol–water partition coefficient (Wildman–Crippen LogP) is 2.45. The second-order valence-electron chi connectivity index (χ2n) is 6.78. The number of carbonyl (C=O) groups is 2. The number of Topliss-reactive ketones (excluding diaryl/α,β-unsaturated/α-hetero) is 1. The second kappa shape index (κ2) is 10.5. The molecule has 2 aromatic rings. The molecule has 0 aliphatic heterocycles. The van der Waals surface area contributed by atoms with Gasteiger partial charge in [-0.2, -0.15) is 0 Å². The first-order valence-electron chi connectivity index (χ1n) is 9.16. The molecule has 2 aromatic carbocycles. The van der Waals surface area contributed by atoms with Gasteiger partial charge in [-0.1, -0.05) is 36.4 Å². The lowest BCUT2D eigenvalue weighted by atomic mass is 10.0. The number of hydrogen-bond donors (Lipinski definition) is 1. The third-order valence-corrected chi connectivity index (χ3v) is 4.42. The van der Waals surface area contributed by atoms with E-state index in [1.54, 1.807) is 14.2 Å². The molecule has 0 saturated carbocycles. The van der Waals surface area contributed by atoms with Crippen molar-refractivity contribution in [3.05, 3.63) is 59.7 Å². The van der Waals surface area contributed by atoms with E-state index in [1.165, 1.54) is 6.92 Å². The van der Waals surface area contributed by atoms with Gasteiger partial charge in [0.25, 0.3) is 0 Å². The molecule has 0 bridgehead atoms. The van der Waals surface area contributed by atoms with Crippen molar-refractivity contribution in [2.75, 3.05) is 27.8 Å². The zero-order valence-corrected chi connectivity index (χ0v) is 16.9. The quantitative estimate of drug-likeness (QED) is 0.682. The molecule has 0 fully saturated rings. The van der Waals surface area contributed by atoms with E-state index < -0.39 is 6.04 Å². The highest BCUT2D eigenvalue weighted by Gasteiger charge is 2.18. The molecule has 1 N–H and O–H groups in total. The molecular weight excluding hydrogens is 356 g/mol. The monoisotopic (exact) mass is 384 g/mol. The summed E-state index contributed by atoms with van der Waals surface area (Å²) < 4.78 is 10.6. The molecule has 0 saturated heterocycles. The molecule has 0 spiro atoms. The van der Waals surface area contributed by atoms with E-state index in [0.29, 0.717) is 24.5 Å². The van der Waals surface area contributed by atoms with Crippen molar-refractivity contribution in [3.8, 4) is 11.5 Å². The molecule has 150 valence electrons. The van der Waals surface area contributed by atoms with E-state index >= 15 is 0 Å². The molecule has 0 radical (unpaired) electrons. The van der Waals surface area contributed by atoms with E-state index in [0.717, 1.165) is 11.1 Å². The van der Waals surface area contributed by atoms with Gasteiger partial charge in [0.15, 0.2) is 17.3 Å². The zero-order chi connectivity index (χ0) is 20.5. The fourth-order valence-electron chi connectivity index (χ4n) is 2.98. The molecule has 6 nitrogen and oxygen atoms in total. The number of hydrogen-bond acceptors (Lipinski definition) is 5. The van der Waals surface area contributed by atoms with Crippen molar-refractivity contribution < 1.29 is 19.1 Å². The number of likely N-dealkylation sites (N-methyl/N-ethyl adjacent to an activating group) is 1. The van der Waals surface area contributed by atoms with Crippen LogP contribution in [-0.2, 0) is 22.6 Å². The van der Waals surface area contributed by atoms with Gasteiger partial charge in [-0.25, -0.2) is 0 Å². The molecule has 0 aliphatic carbocycles. The van der Waals surface area contributed by atoms with Crippen LogP contribution in [0.2, 0.25) is 0 Å². The van der Waals surface area contributed by atoms with Crippen molar-refractivity contribution in [2.24, 2.45) is 0 Å². The summed E-state index contributed by atoms with van der Waals surface area (Å²) >= 11 is 0. The highest BCUT2D eigenvalue weighted by molar-refractivity contribution is 5.88. The van der Waals surface area contributed by atoms with Crippen molar-refractivity contribution in [3.63, 3.8) is 0 Å². The highest BCUT2D eigenvalue weighted by Crippen LogP contribution is 2.27. The summed E-state index contributed by atoms with van der Waals surface area (Å²) in [7, 11) is 5.04. The van der Waals surface area contributed by atoms with Crippen LogP contribution in [0.15, 0.2) is 48.5 Å². The first-order valence-corrected chi connectivity index (χ1v) is 9.16. The van der Waals surface area contributed by atoms with Gasteiger partial charge in [-0.3, -0.25) is 14.5 Å². The zero-order valence-electron chi connectivity index (χ0n) is 16.9. The van der Waals surface area contributed by atoms with E-state index in [1.807, 2.05) is 60.5 Å². The predicted molar refractivity (Wildman–Crippen MR) is 109 cm³/mol. The fraction of sp³-hybridized carbons (Fsp3) is 0.364. The van der Waals surface area contributed by atoms with Crippen LogP contribution in [0.4, 0.5) is 0 Å². The van der Waals surface area contributed by atoms with E-state index in [4.69, 9.17) is 9.47 Å². The van der Waals surface area contributed by atoms with Gasteiger partial charge in [0.1, 0.15) is 0 Å². The number of methoxy groups -OCH3 is 2. The second-order valence-corrected chi connectivity index (χ2v) is 6.78. The number of amides is 1. The van der Waals surface area contributed by atoms with Crippen LogP contribution in [-0.4, -0.2) is 50.4 Å². The molecule has 2 rings (SSSR count). The number of nitrogens with one attached hydrogen (secondary N) is 1. The molecule has 1 atom stereocenters. The topological polar surface area (TPSA) is 67.9 Å². The minimum Gasteiger partial charge on any atom is -0.493 e. The van der Waals surface area contributed by atoms with Crippen LogP contribution in [0.1, 0.15) is 18.1 Å². The van der Waals surface area contributed by atoms with Crippen LogP contribution in [0.25, 0.3) is 0 Å². The lowest BCUT2D eigenvalue weighted by Gasteiger charge is -2.20. The Bertz CT molecular complexity index is 792. The van der Waals surface area contributed by atoms with Crippen LogP contribution >= 0.6 is 0 Å². The van der Waals surface area contributed by atoms with Crippen molar-refractivity contribution >= 4 is 11.7 Å². The summed E-state index contributed by atoms with van der Waals surface area (Å²) in [6.07, 6.45) is 0.487. The Morgan fingerprint density at radius 3 is 2.29 bits per heavy atom. The van der Waals surface area contributed by atoms with Crippen LogP contribution in [0.5, 0.6) is 11.5 Å². The smallest absolute Gasteiger partial charge is 0.234 e. The normalized spacial score (nSPS) is 11.8. The Morgan fingerprint density at radius 1 is 1.00 bits per heavy atom. The van der Waals surface area contributed by atoms with Gasteiger partial charge in [0.05, 0.1) is 26.8 Å². The van der Waals surface area contributed by atoms with E-state index in [9.17, 15) is 9.59 Å². The Kier molecular flexibility index (Phi) is 8.02. The average Bonchev–Trinajstić information content (AvgIpc) is 2.67. The first kappa shape index (κ1) is 21.4. The van der Waals surface area contributed by atoms with E-state index in [2.05, 4.69) is 5.32 Å². The van der Waals surface area contributed by atoms with Crippen LogP contribution in [0, 0.1) is 0 Å². The minimum atomic E-state index is -0.524. The first-order chi connectivity index (χ1) is 13.4. The molecule has 0 heterocycles. The lowest BCUT2D eigenvalue weighted by Crippen LogP contribution is -2.45. The third kappa shape index (κ3) is 6.39. The molecule has 0 aliphatic rings. The maximum absolute atomic E-state index is 12.4. The van der Waals surface area contributed by atoms with Gasteiger partial charge < -0.3 is 14.8 Å². The molecular formula is C22H28N2O4. The minimum absolute atomic E-state index is 0.0558. The number of rotatable bonds is 10. The summed E-state index contributed by atoms with van der Waals surface area (Å²) in [4.78, 5) is 26.2. The van der Waals surface area contributed by atoms with Crippen molar-refractivity contribution in [1.82, 2.24) is 10.2 Å². The Hall–Kier alpha value is -2.86. The number of carbonyl (C=O) groups excluding carboxylic acids is 2. The largest absolute Gasteiger partial charge is 0.493 e. The third-order valence-electron chi connectivity index (χ3n) is 4.42. The summed E-state index contributed by atoms with van der Waals surface area (Å²) in [5, 5.41) is 2.85. The Balaban J connectivity index is 1.92. The summed E-state index contributed by atoms with van der Waals surface area (Å²) in [6.45, 7) is 2.26.